The Morgan fingerprint density at radius 1 is 1.00 bits per heavy atom. The zero-order valence-corrected chi connectivity index (χ0v) is 19.5. The molecule has 0 N–H and O–H groups in total. The Morgan fingerprint density at radius 2 is 1.71 bits per heavy atom. The van der Waals surface area contributed by atoms with E-state index in [2.05, 4.69) is 5.16 Å². The third kappa shape index (κ3) is 6.29. The van der Waals surface area contributed by atoms with Crippen molar-refractivity contribution in [1.82, 2.24) is 5.16 Å². The molecule has 0 bridgehead atoms. The first-order valence-electron chi connectivity index (χ1n) is 11.7. The van der Waals surface area contributed by atoms with Gasteiger partial charge in [0.2, 0.25) is 0 Å². The zero-order chi connectivity index (χ0) is 24.1. The molecule has 2 aromatic carbocycles. The molecule has 1 aliphatic carbocycles. The highest BCUT2D eigenvalue weighted by molar-refractivity contribution is 6.34. The van der Waals surface area contributed by atoms with Gasteiger partial charge in [0.05, 0.1) is 16.3 Å². The first-order chi connectivity index (χ1) is 16.3. The predicted octanol–water partition coefficient (Wildman–Crippen LogP) is 8.42. The van der Waals surface area contributed by atoms with Gasteiger partial charge < -0.3 is 4.52 Å². The highest BCUT2D eigenvalue weighted by Gasteiger charge is 2.32. The summed E-state index contributed by atoms with van der Waals surface area (Å²) in [6.07, 6.45) is 2.61. The maximum Gasteiger partial charge on any atom is 0.416 e. The van der Waals surface area contributed by atoms with E-state index in [4.69, 9.17) is 16.1 Å². The van der Waals surface area contributed by atoms with Gasteiger partial charge in [-0.1, -0.05) is 66.4 Å². The fourth-order valence-electron chi connectivity index (χ4n) is 4.75. The second-order valence-electron chi connectivity index (χ2n) is 9.15. The van der Waals surface area contributed by atoms with E-state index in [9.17, 15) is 18.0 Å². The van der Waals surface area contributed by atoms with Crippen LogP contribution in [0.1, 0.15) is 66.6 Å². The Morgan fingerprint density at radius 3 is 2.41 bits per heavy atom. The number of aromatic nitrogens is 1. The number of rotatable bonds is 8. The third-order valence-corrected chi connectivity index (χ3v) is 7.03. The van der Waals surface area contributed by atoms with E-state index < -0.39 is 11.7 Å². The van der Waals surface area contributed by atoms with Gasteiger partial charge in [-0.05, 0) is 55.7 Å². The van der Waals surface area contributed by atoms with Crippen molar-refractivity contribution >= 4 is 17.4 Å². The number of benzene rings is 2. The van der Waals surface area contributed by atoms with Gasteiger partial charge in [-0.25, -0.2) is 0 Å². The molecule has 0 unspecified atom stereocenters. The monoisotopic (exact) mass is 489 g/mol. The van der Waals surface area contributed by atoms with Gasteiger partial charge in [0, 0.05) is 23.6 Å². The fourth-order valence-corrected chi connectivity index (χ4v) is 4.97. The summed E-state index contributed by atoms with van der Waals surface area (Å²) in [5.74, 6) is 1.27. The Bertz CT molecular complexity index is 1100. The van der Waals surface area contributed by atoms with Crippen molar-refractivity contribution in [2.75, 3.05) is 0 Å². The summed E-state index contributed by atoms with van der Waals surface area (Å²) in [5, 5.41) is 4.26. The summed E-state index contributed by atoms with van der Waals surface area (Å²) < 4.78 is 44.4. The first kappa shape index (κ1) is 24.5. The summed E-state index contributed by atoms with van der Waals surface area (Å²) in [5.41, 5.74) is 1.10. The van der Waals surface area contributed by atoms with Crippen LogP contribution in [-0.2, 0) is 12.6 Å². The number of halogens is 4. The molecule has 1 aromatic heterocycles. The summed E-state index contributed by atoms with van der Waals surface area (Å²) in [6, 6.07) is 14.8. The Balaban J connectivity index is 1.21. The van der Waals surface area contributed by atoms with Crippen molar-refractivity contribution in [2.45, 2.75) is 57.5 Å². The number of Topliss-reactive ketones (excluding diaryl/α,β-unsaturated/α-hetero) is 1. The van der Waals surface area contributed by atoms with Crippen LogP contribution in [0.3, 0.4) is 0 Å². The minimum atomic E-state index is -4.49. The average molecular weight is 490 g/mol. The summed E-state index contributed by atoms with van der Waals surface area (Å²) in [7, 11) is 0. The number of alkyl halides is 3. The summed E-state index contributed by atoms with van der Waals surface area (Å²) >= 11 is 6.03. The molecule has 1 heterocycles. The minimum absolute atomic E-state index is 0.0268. The first-order valence-corrected chi connectivity index (χ1v) is 12.1. The molecule has 7 heteroatoms. The van der Waals surface area contributed by atoms with Crippen LogP contribution < -0.4 is 0 Å². The molecule has 3 nitrogen and oxygen atoms in total. The summed E-state index contributed by atoms with van der Waals surface area (Å²) in [6.45, 7) is 0. The molecule has 3 aromatic rings. The van der Waals surface area contributed by atoms with Gasteiger partial charge in [-0.3, -0.25) is 4.79 Å². The Kier molecular flexibility index (Phi) is 7.77. The number of hydrogen-bond acceptors (Lipinski definition) is 3. The molecule has 0 radical (unpaired) electrons. The molecule has 0 atom stereocenters. The van der Waals surface area contributed by atoms with Crippen LogP contribution in [0.15, 0.2) is 59.1 Å². The average Bonchev–Trinajstić information content (AvgIpc) is 3.29. The second kappa shape index (κ2) is 10.8. The molecule has 180 valence electrons. The van der Waals surface area contributed by atoms with E-state index in [0.29, 0.717) is 5.92 Å². The van der Waals surface area contributed by atoms with Gasteiger partial charge in [0.25, 0.3) is 0 Å². The van der Waals surface area contributed by atoms with E-state index in [1.165, 1.54) is 0 Å². The third-order valence-electron chi connectivity index (χ3n) is 6.70. The van der Waals surface area contributed by atoms with Gasteiger partial charge in [-0.15, -0.1) is 0 Å². The van der Waals surface area contributed by atoms with Crippen molar-refractivity contribution in [2.24, 2.45) is 11.8 Å². The lowest BCUT2D eigenvalue weighted by Crippen LogP contribution is -2.18. The van der Waals surface area contributed by atoms with Gasteiger partial charge in [0.1, 0.15) is 0 Å². The maximum atomic E-state index is 13.0. The lowest BCUT2D eigenvalue weighted by molar-refractivity contribution is -0.137. The van der Waals surface area contributed by atoms with Crippen LogP contribution in [0.25, 0.3) is 11.3 Å². The molecule has 34 heavy (non-hydrogen) atoms. The van der Waals surface area contributed by atoms with E-state index in [-0.39, 0.29) is 28.7 Å². The number of carbonyl (C=O) groups excluding carboxylic acids is 1. The molecule has 0 amide bonds. The normalized spacial score (nSPS) is 18.7. The molecule has 0 spiro atoms. The maximum absolute atomic E-state index is 13.0. The highest BCUT2D eigenvalue weighted by atomic mass is 35.5. The largest absolute Gasteiger partial charge is 0.416 e. The number of carbonyl (C=O) groups is 1. The smallest absolute Gasteiger partial charge is 0.356 e. The van der Waals surface area contributed by atoms with Crippen molar-refractivity contribution in [3.8, 4) is 11.3 Å². The second-order valence-corrected chi connectivity index (χ2v) is 9.55. The van der Waals surface area contributed by atoms with Crippen molar-refractivity contribution in [1.29, 1.82) is 0 Å². The molecular weight excluding hydrogens is 463 g/mol. The zero-order valence-electron chi connectivity index (χ0n) is 18.8. The minimum Gasteiger partial charge on any atom is -0.356 e. The molecule has 0 saturated heterocycles. The predicted molar refractivity (Wildman–Crippen MR) is 126 cm³/mol. The standard InChI is InChI=1S/C27H27ClF3NO2/c28-24-14-13-21(27(29,30)31)16-23(24)25(33)15-19-11-9-18(10-12-19)5-4-8-22-17-26(34-32-22)20-6-2-1-3-7-20/h1-3,6-7,13-14,16-19H,4-5,8-12,15H2. The number of aryl methyl sites for hydroxylation is 1. The lowest BCUT2D eigenvalue weighted by Gasteiger charge is -2.28. The van der Waals surface area contributed by atoms with Crippen LogP contribution >= 0.6 is 11.6 Å². The van der Waals surface area contributed by atoms with E-state index in [1.807, 2.05) is 36.4 Å². The molecule has 0 aliphatic heterocycles. The van der Waals surface area contributed by atoms with Gasteiger partial charge in [-0.2, -0.15) is 13.2 Å². The number of hydrogen-bond donors (Lipinski definition) is 0. The van der Waals surface area contributed by atoms with Crippen LogP contribution in [0, 0.1) is 11.8 Å². The topological polar surface area (TPSA) is 43.1 Å². The SMILES string of the molecule is O=C(CC1CCC(CCCc2cc(-c3ccccc3)on2)CC1)c1cc(C(F)(F)F)ccc1Cl. The number of ketones is 1. The quantitative estimate of drug-likeness (QED) is 0.298. The van der Waals surface area contributed by atoms with Crippen LogP contribution in [0.5, 0.6) is 0 Å². The molecule has 1 aliphatic rings. The number of nitrogens with zero attached hydrogens (tertiary/aromatic N) is 1. The molecular formula is C27H27ClF3NO2. The van der Waals surface area contributed by atoms with E-state index in [0.717, 1.165) is 80.2 Å². The molecule has 1 saturated carbocycles. The van der Waals surface area contributed by atoms with Crippen LogP contribution in [0.2, 0.25) is 5.02 Å². The molecule has 4 rings (SSSR count). The van der Waals surface area contributed by atoms with Gasteiger partial charge in [0.15, 0.2) is 11.5 Å². The summed E-state index contributed by atoms with van der Waals surface area (Å²) in [4.78, 5) is 12.7. The Hall–Kier alpha value is -2.60. The fraction of sp³-hybridized carbons (Fsp3) is 0.407. The van der Waals surface area contributed by atoms with Crippen molar-refractivity contribution in [3.05, 3.63) is 76.4 Å². The Labute approximate surface area is 202 Å². The van der Waals surface area contributed by atoms with E-state index >= 15 is 0 Å². The van der Waals surface area contributed by atoms with Crippen LogP contribution in [0.4, 0.5) is 13.2 Å². The van der Waals surface area contributed by atoms with Crippen molar-refractivity contribution < 1.29 is 22.5 Å². The van der Waals surface area contributed by atoms with E-state index in [1.54, 1.807) is 0 Å². The van der Waals surface area contributed by atoms with Gasteiger partial charge >= 0.3 is 6.18 Å². The highest BCUT2D eigenvalue weighted by Crippen LogP contribution is 2.36. The molecule has 1 fully saturated rings. The van der Waals surface area contributed by atoms with Crippen LogP contribution in [-0.4, -0.2) is 10.9 Å². The lowest BCUT2D eigenvalue weighted by atomic mass is 9.77. The van der Waals surface area contributed by atoms with Crippen molar-refractivity contribution in [3.63, 3.8) is 0 Å².